The fourth-order valence-corrected chi connectivity index (χ4v) is 4.89. The first-order valence-electron chi connectivity index (χ1n) is 11.9. The summed E-state index contributed by atoms with van der Waals surface area (Å²) < 4.78 is 74.3. The Morgan fingerprint density at radius 1 is 0.575 bits per heavy atom. The fourth-order valence-electron chi connectivity index (χ4n) is 3.97. The van der Waals surface area contributed by atoms with Crippen molar-refractivity contribution in [1.82, 2.24) is 0 Å². The smallest absolute Gasteiger partial charge is 0.306 e. The maximum atomic E-state index is 12.0. The van der Waals surface area contributed by atoms with E-state index in [9.17, 15) is 16.8 Å². The zero-order valence-electron chi connectivity index (χ0n) is 22.3. The van der Waals surface area contributed by atoms with Gasteiger partial charge in [0.05, 0.1) is 26.7 Å². The summed E-state index contributed by atoms with van der Waals surface area (Å²) in [6.07, 6.45) is 1.94. The molecule has 0 heterocycles. The highest BCUT2D eigenvalue weighted by Gasteiger charge is 2.19. The Labute approximate surface area is 234 Å². The largest absolute Gasteiger partial charge is 0.496 e. The van der Waals surface area contributed by atoms with Crippen LogP contribution < -0.4 is 22.6 Å². The summed E-state index contributed by atoms with van der Waals surface area (Å²) in [5.74, 6) is 1.46. The molecule has 0 saturated heterocycles. The van der Waals surface area contributed by atoms with Gasteiger partial charge in [-0.3, -0.25) is 0 Å². The molecule has 11 heteroatoms. The molecule has 40 heavy (non-hydrogen) atoms. The van der Waals surface area contributed by atoms with Crippen LogP contribution in [0.15, 0.2) is 84.9 Å². The molecule has 0 N–H and O–H groups in total. The molecule has 0 amide bonds. The third-order valence-electron chi connectivity index (χ3n) is 5.67. The number of methoxy groups -OCH3 is 2. The van der Waals surface area contributed by atoms with Crippen molar-refractivity contribution >= 4 is 20.2 Å². The zero-order chi connectivity index (χ0) is 28.9. The second kappa shape index (κ2) is 11.9. The average Bonchev–Trinajstić information content (AvgIpc) is 2.91. The Hall–Kier alpha value is -4.22. The Morgan fingerprint density at radius 2 is 1.12 bits per heavy atom. The van der Waals surface area contributed by atoms with Crippen molar-refractivity contribution in [3.05, 3.63) is 90.5 Å². The molecule has 0 aliphatic heterocycles. The average molecular weight is 585 g/mol. The Balaban J connectivity index is 1.73. The summed E-state index contributed by atoms with van der Waals surface area (Å²) >= 11 is 0. The number of ether oxygens (including phenoxy) is 3. The number of hydrogen-bond donors (Lipinski definition) is 0. The van der Waals surface area contributed by atoms with E-state index in [1.54, 1.807) is 54.6 Å². The van der Waals surface area contributed by atoms with Crippen LogP contribution in [0.1, 0.15) is 5.56 Å². The van der Waals surface area contributed by atoms with Crippen molar-refractivity contribution in [3.8, 4) is 51.0 Å². The van der Waals surface area contributed by atoms with Crippen molar-refractivity contribution in [1.29, 1.82) is 0 Å². The van der Waals surface area contributed by atoms with Crippen LogP contribution in [0.3, 0.4) is 0 Å². The molecule has 0 saturated carbocycles. The number of hydrogen-bond acceptors (Lipinski definition) is 9. The summed E-state index contributed by atoms with van der Waals surface area (Å²) in [5, 5.41) is 0. The van der Waals surface area contributed by atoms with E-state index >= 15 is 0 Å². The highest BCUT2D eigenvalue weighted by Crippen LogP contribution is 2.43. The van der Waals surface area contributed by atoms with Crippen molar-refractivity contribution in [3.63, 3.8) is 0 Å². The lowest BCUT2D eigenvalue weighted by Crippen LogP contribution is -2.08. The summed E-state index contributed by atoms with van der Waals surface area (Å²) in [7, 11) is -4.46. The van der Waals surface area contributed by atoms with Gasteiger partial charge in [0.1, 0.15) is 23.9 Å². The van der Waals surface area contributed by atoms with Gasteiger partial charge in [-0.15, -0.1) is 0 Å². The quantitative estimate of drug-likeness (QED) is 0.217. The van der Waals surface area contributed by atoms with Gasteiger partial charge in [0.15, 0.2) is 11.5 Å². The van der Waals surface area contributed by atoms with Crippen LogP contribution in [0.4, 0.5) is 0 Å². The molecule has 0 unspecified atom stereocenters. The molecule has 0 spiro atoms. The van der Waals surface area contributed by atoms with E-state index in [2.05, 4.69) is 0 Å². The minimum atomic E-state index is -3.85. The monoisotopic (exact) mass is 584 g/mol. The third-order valence-corrected chi connectivity index (χ3v) is 6.65. The second-order valence-electron chi connectivity index (χ2n) is 8.79. The minimum absolute atomic E-state index is 0.0301. The Bertz CT molecular complexity index is 1700. The number of benzene rings is 4. The maximum absolute atomic E-state index is 12.0. The van der Waals surface area contributed by atoms with Gasteiger partial charge < -0.3 is 22.6 Å². The summed E-state index contributed by atoms with van der Waals surface area (Å²) in [6, 6.07) is 24.5. The topological polar surface area (TPSA) is 114 Å². The standard InChI is InChI=1S/C29H28O9S2/c1-34-27-18-25(28(35-2)17-24(27)21-10-13-23(14-11-21)37-39(3,30)31)22-12-15-26(29(16-22)38-40(4,32)33)36-19-20-8-6-5-7-9-20/h5-18H,19H2,1-4H3. The van der Waals surface area contributed by atoms with Gasteiger partial charge in [0.25, 0.3) is 0 Å². The normalized spacial score (nSPS) is 11.5. The van der Waals surface area contributed by atoms with E-state index < -0.39 is 20.2 Å². The molecule has 4 aromatic rings. The van der Waals surface area contributed by atoms with Crippen LogP contribution in [0, 0.1) is 0 Å². The van der Waals surface area contributed by atoms with E-state index in [-0.39, 0.29) is 23.9 Å². The molecule has 0 aromatic heterocycles. The van der Waals surface area contributed by atoms with E-state index in [1.165, 1.54) is 14.2 Å². The molecule has 210 valence electrons. The molecule has 4 aromatic carbocycles. The summed E-state index contributed by atoms with van der Waals surface area (Å²) in [6.45, 7) is 0.222. The van der Waals surface area contributed by atoms with Gasteiger partial charge in [-0.05, 0) is 53.1 Å². The lowest BCUT2D eigenvalue weighted by atomic mass is 9.97. The predicted molar refractivity (Wildman–Crippen MR) is 152 cm³/mol. The molecule has 0 bridgehead atoms. The van der Waals surface area contributed by atoms with Crippen molar-refractivity contribution in [2.75, 3.05) is 26.7 Å². The van der Waals surface area contributed by atoms with Crippen molar-refractivity contribution < 1.29 is 39.4 Å². The van der Waals surface area contributed by atoms with E-state index in [4.69, 9.17) is 22.6 Å². The predicted octanol–water partition coefficient (Wildman–Crippen LogP) is 5.29. The first kappa shape index (κ1) is 28.8. The lowest BCUT2D eigenvalue weighted by molar-refractivity contribution is 0.296. The molecule has 0 fully saturated rings. The molecule has 0 radical (unpaired) electrons. The molecule has 0 aliphatic rings. The zero-order valence-corrected chi connectivity index (χ0v) is 23.9. The first-order valence-corrected chi connectivity index (χ1v) is 15.6. The summed E-state index contributed by atoms with van der Waals surface area (Å²) in [4.78, 5) is 0. The van der Waals surface area contributed by atoms with Gasteiger partial charge in [0, 0.05) is 11.1 Å². The van der Waals surface area contributed by atoms with Gasteiger partial charge >= 0.3 is 20.2 Å². The van der Waals surface area contributed by atoms with E-state index in [0.29, 0.717) is 28.2 Å². The van der Waals surface area contributed by atoms with Crippen LogP contribution >= 0.6 is 0 Å². The minimum Gasteiger partial charge on any atom is -0.496 e. The van der Waals surface area contributed by atoms with Crippen LogP contribution in [0.25, 0.3) is 22.3 Å². The molecular formula is C29H28O9S2. The van der Waals surface area contributed by atoms with Crippen molar-refractivity contribution in [2.45, 2.75) is 6.61 Å². The molecule has 9 nitrogen and oxygen atoms in total. The molecule has 0 aliphatic carbocycles. The van der Waals surface area contributed by atoms with Crippen LogP contribution in [0.5, 0.6) is 28.7 Å². The van der Waals surface area contributed by atoms with Gasteiger partial charge in [-0.2, -0.15) is 16.8 Å². The Morgan fingerprint density at radius 3 is 1.68 bits per heavy atom. The highest BCUT2D eigenvalue weighted by atomic mass is 32.2. The van der Waals surface area contributed by atoms with Crippen molar-refractivity contribution in [2.24, 2.45) is 0 Å². The second-order valence-corrected chi connectivity index (χ2v) is 11.9. The first-order chi connectivity index (χ1) is 19.0. The van der Waals surface area contributed by atoms with Crippen LogP contribution in [-0.4, -0.2) is 43.6 Å². The van der Waals surface area contributed by atoms with E-state index in [1.807, 2.05) is 30.3 Å². The molecule has 4 rings (SSSR count). The van der Waals surface area contributed by atoms with Gasteiger partial charge in [0.2, 0.25) is 0 Å². The lowest BCUT2D eigenvalue weighted by Gasteiger charge is -2.17. The Kier molecular flexibility index (Phi) is 8.55. The highest BCUT2D eigenvalue weighted by molar-refractivity contribution is 7.86. The van der Waals surface area contributed by atoms with Gasteiger partial charge in [-0.25, -0.2) is 0 Å². The third kappa shape index (κ3) is 7.45. The fraction of sp³-hybridized carbons (Fsp3) is 0.172. The number of rotatable bonds is 11. The SMILES string of the molecule is COc1cc(-c2ccc(OCc3ccccc3)c(OS(C)(=O)=O)c2)c(OC)cc1-c1ccc(OS(C)(=O)=O)cc1. The molecular weight excluding hydrogens is 556 g/mol. The van der Waals surface area contributed by atoms with E-state index in [0.717, 1.165) is 23.6 Å². The molecule has 0 atom stereocenters. The maximum Gasteiger partial charge on any atom is 0.306 e. The van der Waals surface area contributed by atoms with Gasteiger partial charge in [-0.1, -0.05) is 48.5 Å². The van der Waals surface area contributed by atoms with Crippen LogP contribution in [-0.2, 0) is 26.8 Å². The van der Waals surface area contributed by atoms with Crippen LogP contribution in [0.2, 0.25) is 0 Å². The summed E-state index contributed by atoms with van der Waals surface area (Å²) in [5.41, 5.74) is 3.55.